The molecule has 0 aromatic carbocycles. The van der Waals surface area contributed by atoms with E-state index in [0.29, 0.717) is 25.1 Å². The fraction of sp³-hybridized carbons (Fsp3) is 0.923. The molecule has 0 bridgehead atoms. The van der Waals surface area contributed by atoms with E-state index < -0.39 is 0 Å². The van der Waals surface area contributed by atoms with Crippen LogP contribution in [-0.4, -0.2) is 55.2 Å². The average molecular weight is 242 g/mol. The van der Waals surface area contributed by atoms with Crippen molar-refractivity contribution in [3.05, 3.63) is 0 Å². The van der Waals surface area contributed by atoms with Gasteiger partial charge in [0.05, 0.1) is 6.61 Å². The van der Waals surface area contributed by atoms with Gasteiger partial charge in [-0.15, -0.1) is 0 Å². The lowest BCUT2D eigenvalue weighted by atomic mass is 10.2. The molecule has 1 fully saturated rings. The van der Waals surface area contributed by atoms with Crippen LogP contribution in [0.1, 0.15) is 33.6 Å². The van der Waals surface area contributed by atoms with Gasteiger partial charge in [-0.1, -0.05) is 0 Å². The minimum absolute atomic E-state index is 0.159. The summed E-state index contributed by atoms with van der Waals surface area (Å²) in [6.07, 6.45) is 2.52. The lowest BCUT2D eigenvalue weighted by molar-refractivity contribution is 0.105. The molecule has 4 heteroatoms. The highest BCUT2D eigenvalue weighted by Gasteiger charge is 2.35. The molecule has 1 rings (SSSR count). The fourth-order valence-electron chi connectivity index (χ4n) is 2.17. The van der Waals surface area contributed by atoms with Gasteiger partial charge in [-0.3, -0.25) is 0 Å². The number of carbonyl (C=O) groups is 1. The summed E-state index contributed by atoms with van der Waals surface area (Å²) in [5.41, 5.74) is 0. The zero-order chi connectivity index (χ0) is 12.8. The molecule has 1 aliphatic rings. The number of methoxy groups -OCH3 is 1. The largest absolute Gasteiger partial charge is 0.383 e. The molecule has 4 nitrogen and oxygen atoms in total. The maximum atomic E-state index is 12.4. The Balaban J connectivity index is 2.62. The highest BCUT2D eigenvalue weighted by Crippen LogP contribution is 2.35. The van der Waals surface area contributed by atoms with E-state index >= 15 is 0 Å². The van der Waals surface area contributed by atoms with Crippen LogP contribution in [0.3, 0.4) is 0 Å². The van der Waals surface area contributed by atoms with Crippen LogP contribution in [0.2, 0.25) is 0 Å². The van der Waals surface area contributed by atoms with Crippen molar-refractivity contribution in [2.75, 3.05) is 33.4 Å². The van der Waals surface area contributed by atoms with Crippen LogP contribution >= 0.6 is 0 Å². The molecule has 2 amide bonds. The van der Waals surface area contributed by atoms with E-state index in [1.165, 1.54) is 12.8 Å². The van der Waals surface area contributed by atoms with E-state index in [9.17, 15) is 4.79 Å². The summed E-state index contributed by atoms with van der Waals surface area (Å²) in [5.74, 6) is 0.700. The quantitative estimate of drug-likeness (QED) is 0.685. The monoisotopic (exact) mass is 242 g/mol. The van der Waals surface area contributed by atoms with Crippen molar-refractivity contribution in [1.29, 1.82) is 0 Å². The molecule has 17 heavy (non-hydrogen) atoms. The summed E-state index contributed by atoms with van der Waals surface area (Å²) >= 11 is 0. The topological polar surface area (TPSA) is 32.8 Å². The van der Waals surface area contributed by atoms with Gasteiger partial charge in [-0.2, -0.15) is 0 Å². The van der Waals surface area contributed by atoms with E-state index in [1.807, 2.05) is 23.6 Å². The van der Waals surface area contributed by atoms with Crippen molar-refractivity contribution >= 4 is 6.03 Å². The molecule has 0 aromatic heterocycles. The average Bonchev–Trinajstić information content (AvgIpc) is 3.14. The van der Waals surface area contributed by atoms with Gasteiger partial charge >= 0.3 is 6.03 Å². The molecule has 1 saturated carbocycles. The molecule has 0 aliphatic heterocycles. The highest BCUT2D eigenvalue weighted by molar-refractivity contribution is 5.74. The first-order valence-corrected chi connectivity index (χ1v) is 6.70. The van der Waals surface area contributed by atoms with Gasteiger partial charge in [-0.25, -0.2) is 4.79 Å². The predicted molar refractivity (Wildman–Crippen MR) is 69.1 cm³/mol. The predicted octanol–water partition coefficient (Wildman–Crippen LogP) is 2.20. The maximum Gasteiger partial charge on any atom is 0.320 e. The number of ether oxygens (including phenoxy) is 1. The maximum absolute atomic E-state index is 12.4. The van der Waals surface area contributed by atoms with Gasteiger partial charge in [0.2, 0.25) is 0 Å². The summed E-state index contributed by atoms with van der Waals surface area (Å²) in [7, 11) is 1.68. The summed E-state index contributed by atoms with van der Waals surface area (Å²) in [4.78, 5) is 16.2. The second-order valence-corrected chi connectivity index (χ2v) is 4.72. The lowest BCUT2D eigenvalue weighted by Crippen LogP contribution is -2.49. The SMILES string of the molecule is CCN(CC)C(=O)N(CCOC)C(C)C1CC1. The first-order valence-electron chi connectivity index (χ1n) is 6.70. The van der Waals surface area contributed by atoms with Crippen molar-refractivity contribution in [2.45, 2.75) is 39.7 Å². The summed E-state index contributed by atoms with van der Waals surface area (Å²) in [5, 5.41) is 0. The lowest BCUT2D eigenvalue weighted by Gasteiger charge is -2.33. The first-order chi connectivity index (χ1) is 8.15. The third-order valence-corrected chi connectivity index (χ3v) is 3.61. The molecule has 1 atom stereocenters. The molecule has 0 heterocycles. The number of urea groups is 1. The van der Waals surface area contributed by atoms with E-state index in [2.05, 4.69) is 6.92 Å². The van der Waals surface area contributed by atoms with Gasteiger partial charge in [-0.05, 0) is 39.5 Å². The van der Waals surface area contributed by atoms with Crippen LogP contribution in [0.4, 0.5) is 4.79 Å². The Morgan fingerprint density at radius 2 is 1.94 bits per heavy atom. The van der Waals surface area contributed by atoms with Gasteiger partial charge in [0.1, 0.15) is 0 Å². The summed E-state index contributed by atoms with van der Waals surface area (Å²) in [6.45, 7) is 9.07. The van der Waals surface area contributed by atoms with Gasteiger partial charge in [0.15, 0.2) is 0 Å². The minimum Gasteiger partial charge on any atom is -0.383 e. The van der Waals surface area contributed by atoms with Crippen LogP contribution in [0.25, 0.3) is 0 Å². The van der Waals surface area contributed by atoms with Crippen LogP contribution in [0.15, 0.2) is 0 Å². The van der Waals surface area contributed by atoms with Crippen LogP contribution in [0, 0.1) is 5.92 Å². The molecule has 1 unspecified atom stereocenters. The number of amides is 2. The van der Waals surface area contributed by atoms with Crippen molar-refractivity contribution in [3.63, 3.8) is 0 Å². The number of hydrogen-bond acceptors (Lipinski definition) is 2. The fourth-order valence-corrected chi connectivity index (χ4v) is 2.17. The van der Waals surface area contributed by atoms with Crippen LogP contribution in [-0.2, 0) is 4.74 Å². The van der Waals surface area contributed by atoms with E-state index in [4.69, 9.17) is 4.74 Å². The molecular formula is C13H26N2O2. The Hall–Kier alpha value is -0.770. The Bertz CT molecular complexity index is 238. The Kier molecular flexibility index (Phi) is 5.75. The smallest absolute Gasteiger partial charge is 0.320 e. The summed E-state index contributed by atoms with van der Waals surface area (Å²) < 4.78 is 5.11. The number of carbonyl (C=O) groups excluding carboxylic acids is 1. The molecule has 100 valence electrons. The number of rotatable bonds is 7. The molecule has 0 aromatic rings. The van der Waals surface area contributed by atoms with Crippen LogP contribution < -0.4 is 0 Å². The molecule has 0 saturated heterocycles. The van der Waals surface area contributed by atoms with Gasteiger partial charge in [0.25, 0.3) is 0 Å². The zero-order valence-corrected chi connectivity index (χ0v) is 11.6. The third kappa shape index (κ3) is 3.87. The Morgan fingerprint density at radius 1 is 1.35 bits per heavy atom. The van der Waals surface area contributed by atoms with Crippen molar-refractivity contribution in [3.8, 4) is 0 Å². The summed E-state index contributed by atoms with van der Waals surface area (Å²) in [6, 6.07) is 0.504. The number of hydrogen-bond donors (Lipinski definition) is 0. The van der Waals surface area contributed by atoms with Crippen molar-refractivity contribution in [2.24, 2.45) is 5.92 Å². The third-order valence-electron chi connectivity index (χ3n) is 3.61. The standard InChI is InChI=1S/C13H26N2O2/c1-5-14(6-2)13(16)15(9-10-17-4)11(3)12-7-8-12/h11-12H,5-10H2,1-4H3. The second-order valence-electron chi connectivity index (χ2n) is 4.72. The van der Waals surface area contributed by atoms with E-state index in [1.54, 1.807) is 7.11 Å². The minimum atomic E-state index is 0.159. The second kappa shape index (κ2) is 6.84. The van der Waals surface area contributed by atoms with Gasteiger partial charge < -0.3 is 14.5 Å². The van der Waals surface area contributed by atoms with E-state index in [-0.39, 0.29) is 6.03 Å². The van der Waals surface area contributed by atoms with Crippen LogP contribution in [0.5, 0.6) is 0 Å². The van der Waals surface area contributed by atoms with Crippen molar-refractivity contribution < 1.29 is 9.53 Å². The zero-order valence-electron chi connectivity index (χ0n) is 11.6. The number of nitrogens with zero attached hydrogens (tertiary/aromatic N) is 2. The van der Waals surface area contributed by atoms with Crippen molar-refractivity contribution in [1.82, 2.24) is 9.80 Å². The molecular weight excluding hydrogens is 216 g/mol. The molecule has 0 radical (unpaired) electrons. The molecule has 0 spiro atoms. The normalized spacial score (nSPS) is 16.7. The van der Waals surface area contributed by atoms with Gasteiger partial charge in [0, 0.05) is 32.8 Å². The van der Waals surface area contributed by atoms with E-state index in [0.717, 1.165) is 13.1 Å². The Morgan fingerprint density at radius 3 is 2.35 bits per heavy atom. The molecule has 0 N–H and O–H groups in total. The molecule has 1 aliphatic carbocycles. The Labute approximate surface area is 105 Å². The first kappa shape index (κ1) is 14.3. The highest BCUT2D eigenvalue weighted by atomic mass is 16.5.